The highest BCUT2D eigenvalue weighted by molar-refractivity contribution is 5.17. The van der Waals surface area contributed by atoms with E-state index in [1.54, 1.807) is 0 Å². The van der Waals surface area contributed by atoms with Crippen LogP contribution in [-0.4, -0.2) is 6.61 Å². The predicted molar refractivity (Wildman–Crippen MR) is 78.8 cm³/mol. The normalized spacial score (nSPS) is 12.6. The van der Waals surface area contributed by atoms with Gasteiger partial charge in [0, 0.05) is 6.61 Å². The SMILES string of the molecule is CCCCCOC(CCCCC)c1ccccc1. The molecular weight excluding hydrogens is 220 g/mol. The van der Waals surface area contributed by atoms with Crippen LogP contribution in [0.5, 0.6) is 0 Å². The van der Waals surface area contributed by atoms with Gasteiger partial charge < -0.3 is 4.74 Å². The van der Waals surface area contributed by atoms with Gasteiger partial charge in [-0.1, -0.05) is 76.3 Å². The van der Waals surface area contributed by atoms with Crippen molar-refractivity contribution in [2.75, 3.05) is 6.61 Å². The number of unbranched alkanes of at least 4 members (excludes halogenated alkanes) is 4. The van der Waals surface area contributed by atoms with E-state index in [9.17, 15) is 0 Å². The Kier molecular flexibility index (Phi) is 8.58. The lowest BCUT2D eigenvalue weighted by molar-refractivity contribution is 0.0424. The fourth-order valence-electron chi connectivity index (χ4n) is 2.17. The van der Waals surface area contributed by atoms with E-state index < -0.39 is 0 Å². The van der Waals surface area contributed by atoms with E-state index in [4.69, 9.17) is 4.74 Å². The van der Waals surface area contributed by atoms with Gasteiger partial charge in [0.25, 0.3) is 0 Å². The quantitative estimate of drug-likeness (QED) is 0.496. The summed E-state index contributed by atoms with van der Waals surface area (Å²) in [6, 6.07) is 10.7. The minimum atomic E-state index is 0.301. The smallest absolute Gasteiger partial charge is 0.0824 e. The molecule has 0 bridgehead atoms. The minimum Gasteiger partial charge on any atom is -0.374 e. The Labute approximate surface area is 113 Å². The Bertz CT molecular complexity index is 281. The zero-order chi connectivity index (χ0) is 13.1. The van der Waals surface area contributed by atoms with E-state index in [2.05, 4.69) is 44.2 Å². The summed E-state index contributed by atoms with van der Waals surface area (Å²) in [5.74, 6) is 0. The summed E-state index contributed by atoms with van der Waals surface area (Å²) in [6.45, 7) is 5.38. The molecule has 1 aromatic carbocycles. The van der Waals surface area contributed by atoms with Crippen LogP contribution in [0.25, 0.3) is 0 Å². The average Bonchev–Trinajstić information content (AvgIpc) is 2.42. The molecule has 0 aliphatic carbocycles. The number of hydrogen-bond acceptors (Lipinski definition) is 1. The molecule has 18 heavy (non-hydrogen) atoms. The number of rotatable bonds is 10. The summed E-state index contributed by atoms with van der Waals surface area (Å²) < 4.78 is 6.08. The van der Waals surface area contributed by atoms with Crippen LogP contribution in [0.1, 0.15) is 70.5 Å². The van der Waals surface area contributed by atoms with Gasteiger partial charge in [0.2, 0.25) is 0 Å². The second-order valence-electron chi connectivity index (χ2n) is 4.97. The third-order valence-corrected chi connectivity index (χ3v) is 3.31. The van der Waals surface area contributed by atoms with Gasteiger partial charge in [0.05, 0.1) is 6.10 Å². The van der Waals surface area contributed by atoms with Crippen LogP contribution in [-0.2, 0) is 4.74 Å². The molecule has 102 valence electrons. The molecule has 1 heteroatoms. The van der Waals surface area contributed by atoms with Crippen LogP contribution in [0.4, 0.5) is 0 Å². The number of benzene rings is 1. The van der Waals surface area contributed by atoms with Crippen molar-refractivity contribution in [3.63, 3.8) is 0 Å². The molecule has 0 amide bonds. The summed E-state index contributed by atoms with van der Waals surface area (Å²) >= 11 is 0. The van der Waals surface area contributed by atoms with Crippen LogP contribution >= 0.6 is 0 Å². The largest absolute Gasteiger partial charge is 0.374 e. The molecule has 1 nitrogen and oxygen atoms in total. The molecule has 0 heterocycles. The summed E-state index contributed by atoms with van der Waals surface area (Å²) in [4.78, 5) is 0. The molecule has 1 aromatic rings. The lowest BCUT2D eigenvalue weighted by Gasteiger charge is -2.18. The topological polar surface area (TPSA) is 9.23 Å². The van der Waals surface area contributed by atoms with Crippen molar-refractivity contribution in [2.45, 2.75) is 64.9 Å². The van der Waals surface area contributed by atoms with Crippen molar-refractivity contribution in [1.29, 1.82) is 0 Å². The first-order valence-corrected chi connectivity index (χ1v) is 7.55. The molecule has 0 aromatic heterocycles. The molecule has 0 fully saturated rings. The van der Waals surface area contributed by atoms with E-state index in [-0.39, 0.29) is 0 Å². The molecule has 0 saturated heterocycles. The maximum atomic E-state index is 6.08. The van der Waals surface area contributed by atoms with Gasteiger partial charge in [-0.2, -0.15) is 0 Å². The van der Waals surface area contributed by atoms with Crippen molar-refractivity contribution in [3.8, 4) is 0 Å². The molecule has 1 atom stereocenters. The highest BCUT2D eigenvalue weighted by atomic mass is 16.5. The van der Waals surface area contributed by atoms with Gasteiger partial charge in [0.15, 0.2) is 0 Å². The van der Waals surface area contributed by atoms with E-state index >= 15 is 0 Å². The zero-order valence-corrected chi connectivity index (χ0v) is 12.0. The Morgan fingerprint density at radius 3 is 2.22 bits per heavy atom. The fraction of sp³-hybridized carbons (Fsp3) is 0.647. The van der Waals surface area contributed by atoms with Crippen LogP contribution < -0.4 is 0 Å². The standard InChI is InChI=1S/C17H28O/c1-3-5-8-14-17(18-15-11-6-4-2)16-12-9-7-10-13-16/h7,9-10,12-13,17H,3-6,8,11,14-15H2,1-2H3. The molecule has 0 aliphatic rings. The van der Waals surface area contributed by atoms with Gasteiger partial charge in [-0.15, -0.1) is 0 Å². The summed E-state index contributed by atoms with van der Waals surface area (Å²) in [7, 11) is 0. The molecule has 0 radical (unpaired) electrons. The number of hydrogen-bond donors (Lipinski definition) is 0. The van der Waals surface area contributed by atoms with Crippen LogP contribution in [0.2, 0.25) is 0 Å². The molecule has 1 unspecified atom stereocenters. The third-order valence-electron chi connectivity index (χ3n) is 3.31. The Morgan fingerprint density at radius 2 is 1.56 bits per heavy atom. The van der Waals surface area contributed by atoms with Gasteiger partial charge >= 0.3 is 0 Å². The van der Waals surface area contributed by atoms with E-state index in [0.29, 0.717) is 6.10 Å². The first kappa shape index (κ1) is 15.2. The molecule has 0 spiro atoms. The lowest BCUT2D eigenvalue weighted by atomic mass is 10.0. The van der Waals surface area contributed by atoms with Gasteiger partial charge in [-0.05, 0) is 18.4 Å². The second kappa shape index (κ2) is 10.1. The maximum Gasteiger partial charge on any atom is 0.0824 e. The van der Waals surface area contributed by atoms with Crippen molar-refractivity contribution >= 4 is 0 Å². The van der Waals surface area contributed by atoms with Gasteiger partial charge in [-0.25, -0.2) is 0 Å². The van der Waals surface area contributed by atoms with Crippen LogP contribution in [0.3, 0.4) is 0 Å². The monoisotopic (exact) mass is 248 g/mol. The van der Waals surface area contributed by atoms with Crippen LogP contribution in [0.15, 0.2) is 30.3 Å². The molecule has 1 rings (SSSR count). The first-order chi connectivity index (χ1) is 8.88. The predicted octanol–water partition coefficient (Wildman–Crippen LogP) is 5.51. The summed E-state index contributed by atoms with van der Waals surface area (Å²) in [6.07, 6.45) is 9.03. The van der Waals surface area contributed by atoms with E-state index in [0.717, 1.165) is 13.0 Å². The van der Waals surface area contributed by atoms with Crippen molar-refractivity contribution in [2.24, 2.45) is 0 Å². The highest BCUT2D eigenvalue weighted by Gasteiger charge is 2.10. The fourth-order valence-corrected chi connectivity index (χ4v) is 2.17. The van der Waals surface area contributed by atoms with Gasteiger partial charge in [-0.3, -0.25) is 0 Å². The Hall–Kier alpha value is -0.820. The average molecular weight is 248 g/mol. The van der Waals surface area contributed by atoms with Crippen molar-refractivity contribution in [3.05, 3.63) is 35.9 Å². The van der Waals surface area contributed by atoms with Crippen molar-refractivity contribution in [1.82, 2.24) is 0 Å². The zero-order valence-electron chi connectivity index (χ0n) is 12.0. The molecular formula is C17H28O. The third kappa shape index (κ3) is 6.20. The van der Waals surface area contributed by atoms with Crippen LogP contribution in [0, 0.1) is 0 Å². The second-order valence-corrected chi connectivity index (χ2v) is 4.97. The van der Waals surface area contributed by atoms with Gasteiger partial charge in [0.1, 0.15) is 0 Å². The number of ether oxygens (including phenoxy) is 1. The lowest BCUT2D eigenvalue weighted by Crippen LogP contribution is -2.06. The van der Waals surface area contributed by atoms with E-state index in [1.807, 2.05) is 0 Å². The summed E-state index contributed by atoms with van der Waals surface area (Å²) in [5.41, 5.74) is 1.34. The Morgan fingerprint density at radius 1 is 0.889 bits per heavy atom. The Balaban J connectivity index is 2.42. The highest BCUT2D eigenvalue weighted by Crippen LogP contribution is 2.24. The maximum absolute atomic E-state index is 6.08. The molecule has 0 aliphatic heterocycles. The minimum absolute atomic E-state index is 0.301. The van der Waals surface area contributed by atoms with E-state index in [1.165, 1.54) is 44.1 Å². The first-order valence-electron chi connectivity index (χ1n) is 7.55. The molecule has 0 N–H and O–H groups in total. The summed E-state index contributed by atoms with van der Waals surface area (Å²) in [5, 5.41) is 0. The molecule has 0 saturated carbocycles. The van der Waals surface area contributed by atoms with Crippen molar-refractivity contribution < 1.29 is 4.74 Å².